The summed E-state index contributed by atoms with van der Waals surface area (Å²) >= 11 is 0. The molecule has 156 valence electrons. The maximum Gasteiger partial charge on any atom is 0.324 e. The van der Waals surface area contributed by atoms with E-state index in [-0.39, 0.29) is 35.7 Å². The predicted octanol–water partition coefficient (Wildman–Crippen LogP) is 2.83. The number of rotatable bonds is 5. The van der Waals surface area contributed by atoms with Gasteiger partial charge in [-0.3, -0.25) is 14.7 Å². The first-order chi connectivity index (χ1) is 14.3. The summed E-state index contributed by atoms with van der Waals surface area (Å²) in [6.45, 7) is 0.173. The number of anilines is 1. The van der Waals surface area contributed by atoms with Crippen LogP contribution < -0.4 is 15.0 Å². The lowest BCUT2D eigenvalue weighted by Gasteiger charge is -2.23. The number of amides is 3. The van der Waals surface area contributed by atoms with Crippen molar-refractivity contribution in [2.45, 2.75) is 6.54 Å². The van der Waals surface area contributed by atoms with Gasteiger partial charge >= 0.3 is 6.03 Å². The van der Waals surface area contributed by atoms with Crippen molar-refractivity contribution in [2.24, 2.45) is 0 Å². The fourth-order valence-corrected chi connectivity index (χ4v) is 2.96. The van der Waals surface area contributed by atoms with Crippen LogP contribution in [0.5, 0.6) is 5.75 Å². The van der Waals surface area contributed by atoms with Crippen molar-refractivity contribution in [1.29, 1.82) is 0 Å². The molecule has 0 saturated carbocycles. The number of nitrogens with one attached hydrogen (secondary N) is 1. The Balaban J connectivity index is 2.03. The van der Waals surface area contributed by atoms with Crippen LogP contribution in [0.25, 0.3) is 10.9 Å². The average Bonchev–Trinajstić information content (AvgIpc) is 2.76. The van der Waals surface area contributed by atoms with Gasteiger partial charge in [0.1, 0.15) is 17.2 Å². The van der Waals surface area contributed by atoms with Crippen LogP contribution in [-0.4, -0.2) is 55.1 Å². The van der Waals surface area contributed by atoms with Gasteiger partial charge in [0, 0.05) is 39.3 Å². The van der Waals surface area contributed by atoms with Gasteiger partial charge in [-0.1, -0.05) is 12.1 Å². The van der Waals surface area contributed by atoms with E-state index in [1.807, 2.05) is 0 Å². The van der Waals surface area contributed by atoms with Gasteiger partial charge in [0.25, 0.3) is 5.91 Å². The Morgan fingerprint density at radius 2 is 1.83 bits per heavy atom. The summed E-state index contributed by atoms with van der Waals surface area (Å²) in [5.41, 5.74) is 1.14. The Morgan fingerprint density at radius 1 is 1.13 bits per heavy atom. The maximum atomic E-state index is 13.1. The molecule has 0 radical (unpaired) electrons. The number of hydrogen-bond acceptors (Lipinski definition) is 5. The molecule has 8 nitrogen and oxygen atoms in total. The zero-order valence-corrected chi connectivity index (χ0v) is 17.1. The Labute approximate surface area is 173 Å². The number of ether oxygens (including phenoxy) is 1. The first kappa shape index (κ1) is 21.0. The summed E-state index contributed by atoms with van der Waals surface area (Å²) in [5, 5.41) is 3.32. The molecule has 0 aliphatic heterocycles. The summed E-state index contributed by atoms with van der Waals surface area (Å²) in [7, 11) is 6.25. The molecule has 0 fully saturated rings. The fourth-order valence-electron chi connectivity index (χ4n) is 2.96. The zero-order valence-electron chi connectivity index (χ0n) is 17.1. The van der Waals surface area contributed by atoms with E-state index in [4.69, 9.17) is 4.74 Å². The van der Waals surface area contributed by atoms with Crippen molar-refractivity contribution < 1.29 is 18.7 Å². The molecular weight excluding hydrogens is 389 g/mol. The van der Waals surface area contributed by atoms with Gasteiger partial charge in [0.15, 0.2) is 11.4 Å². The SMILES string of the molecule is COc1c(C(=O)NCc2ccc(F)cc2)nc(N(C)C(=O)N(C)C)c2cccnc12. The monoisotopic (exact) mass is 411 g/mol. The summed E-state index contributed by atoms with van der Waals surface area (Å²) < 4.78 is 18.5. The normalized spacial score (nSPS) is 10.6. The third-order valence-electron chi connectivity index (χ3n) is 4.47. The molecule has 0 aliphatic rings. The van der Waals surface area contributed by atoms with Crippen molar-refractivity contribution in [3.05, 3.63) is 59.7 Å². The summed E-state index contributed by atoms with van der Waals surface area (Å²) in [5.74, 6) is -0.371. The van der Waals surface area contributed by atoms with E-state index in [0.29, 0.717) is 10.9 Å². The van der Waals surface area contributed by atoms with Crippen LogP contribution in [0.4, 0.5) is 15.0 Å². The summed E-state index contributed by atoms with van der Waals surface area (Å²) in [4.78, 5) is 36.9. The van der Waals surface area contributed by atoms with Crippen molar-refractivity contribution in [3.8, 4) is 5.75 Å². The Morgan fingerprint density at radius 3 is 2.47 bits per heavy atom. The smallest absolute Gasteiger partial charge is 0.324 e. The highest BCUT2D eigenvalue weighted by Gasteiger charge is 2.25. The molecule has 2 heterocycles. The molecule has 30 heavy (non-hydrogen) atoms. The molecule has 0 saturated heterocycles. The van der Waals surface area contributed by atoms with Gasteiger partial charge in [0.05, 0.1) is 7.11 Å². The van der Waals surface area contributed by atoms with Gasteiger partial charge in [0.2, 0.25) is 0 Å². The van der Waals surface area contributed by atoms with Crippen LogP contribution in [-0.2, 0) is 6.54 Å². The summed E-state index contributed by atoms with van der Waals surface area (Å²) in [6.07, 6.45) is 1.57. The van der Waals surface area contributed by atoms with Crippen LogP contribution in [0.3, 0.4) is 0 Å². The number of pyridine rings is 2. The van der Waals surface area contributed by atoms with E-state index < -0.39 is 5.91 Å². The number of fused-ring (bicyclic) bond motifs is 1. The van der Waals surface area contributed by atoms with Crippen LogP contribution in [0.2, 0.25) is 0 Å². The largest absolute Gasteiger partial charge is 0.492 e. The number of nitrogens with zero attached hydrogens (tertiary/aromatic N) is 4. The number of methoxy groups -OCH3 is 1. The molecular formula is C21H22FN5O3. The maximum absolute atomic E-state index is 13.1. The second-order valence-corrected chi connectivity index (χ2v) is 6.76. The van der Waals surface area contributed by atoms with E-state index in [1.54, 1.807) is 51.6 Å². The van der Waals surface area contributed by atoms with Crippen molar-refractivity contribution >= 4 is 28.7 Å². The lowest BCUT2D eigenvalue weighted by Crippen LogP contribution is -2.37. The van der Waals surface area contributed by atoms with E-state index in [1.165, 1.54) is 29.0 Å². The van der Waals surface area contributed by atoms with Crippen LogP contribution in [0.1, 0.15) is 16.1 Å². The van der Waals surface area contributed by atoms with E-state index in [2.05, 4.69) is 15.3 Å². The Hall–Kier alpha value is -3.75. The van der Waals surface area contributed by atoms with E-state index >= 15 is 0 Å². The third-order valence-corrected chi connectivity index (χ3v) is 4.47. The summed E-state index contributed by atoms with van der Waals surface area (Å²) in [6, 6.07) is 8.96. The molecule has 0 atom stereocenters. The molecule has 2 aromatic heterocycles. The number of hydrogen-bond donors (Lipinski definition) is 1. The molecule has 3 amide bonds. The highest BCUT2D eigenvalue weighted by Crippen LogP contribution is 2.33. The van der Waals surface area contributed by atoms with Gasteiger partial charge in [-0.2, -0.15) is 0 Å². The van der Waals surface area contributed by atoms with Gasteiger partial charge in [-0.15, -0.1) is 0 Å². The third kappa shape index (κ3) is 4.14. The second kappa shape index (κ2) is 8.73. The first-order valence-corrected chi connectivity index (χ1v) is 9.13. The fraction of sp³-hybridized carbons (Fsp3) is 0.238. The second-order valence-electron chi connectivity index (χ2n) is 6.76. The zero-order chi connectivity index (χ0) is 21.8. The van der Waals surface area contributed by atoms with Gasteiger partial charge in [-0.25, -0.2) is 14.2 Å². The number of urea groups is 1. The number of aromatic nitrogens is 2. The topological polar surface area (TPSA) is 87.7 Å². The average molecular weight is 411 g/mol. The standard InChI is InChI=1S/C21H22FN5O3/c1-26(2)21(29)27(3)19-15-6-5-11-23-16(15)18(30-4)17(25-19)20(28)24-12-13-7-9-14(22)10-8-13/h5-11H,12H2,1-4H3,(H,24,28). The van der Waals surface area contributed by atoms with Crippen LogP contribution in [0, 0.1) is 5.82 Å². The Bertz CT molecular complexity index is 1090. The number of carbonyl (C=O) groups excluding carboxylic acids is 2. The van der Waals surface area contributed by atoms with Crippen LogP contribution in [0.15, 0.2) is 42.6 Å². The van der Waals surface area contributed by atoms with Crippen molar-refractivity contribution in [3.63, 3.8) is 0 Å². The quantitative estimate of drug-likeness (QED) is 0.698. The predicted molar refractivity (Wildman–Crippen MR) is 111 cm³/mol. The lowest BCUT2D eigenvalue weighted by atomic mass is 10.1. The minimum Gasteiger partial charge on any atom is -0.492 e. The molecule has 0 aliphatic carbocycles. The lowest BCUT2D eigenvalue weighted by molar-refractivity contribution is 0.0943. The minimum atomic E-state index is -0.504. The molecule has 1 N–H and O–H groups in total. The highest BCUT2D eigenvalue weighted by molar-refractivity contribution is 6.07. The Kier molecular flexibility index (Phi) is 6.10. The highest BCUT2D eigenvalue weighted by atomic mass is 19.1. The first-order valence-electron chi connectivity index (χ1n) is 9.13. The van der Waals surface area contributed by atoms with Crippen molar-refractivity contribution in [2.75, 3.05) is 33.2 Å². The van der Waals surface area contributed by atoms with Crippen LogP contribution >= 0.6 is 0 Å². The number of halogens is 1. The van der Waals surface area contributed by atoms with E-state index in [9.17, 15) is 14.0 Å². The molecule has 0 unspecified atom stereocenters. The van der Waals surface area contributed by atoms with Gasteiger partial charge in [-0.05, 0) is 29.8 Å². The van der Waals surface area contributed by atoms with E-state index in [0.717, 1.165) is 5.56 Å². The number of benzene rings is 1. The molecule has 3 rings (SSSR count). The number of carbonyl (C=O) groups is 2. The molecule has 0 spiro atoms. The molecule has 0 bridgehead atoms. The molecule has 1 aromatic carbocycles. The van der Waals surface area contributed by atoms with Gasteiger partial charge < -0.3 is 15.0 Å². The van der Waals surface area contributed by atoms with Crippen molar-refractivity contribution in [1.82, 2.24) is 20.2 Å². The molecule has 9 heteroatoms. The minimum absolute atomic E-state index is 0.000724. The molecule has 3 aromatic rings.